The van der Waals surface area contributed by atoms with E-state index in [-0.39, 0.29) is 5.69 Å². The smallest absolute Gasteiger partial charge is 0.354 e. The van der Waals surface area contributed by atoms with E-state index in [0.29, 0.717) is 5.82 Å². The van der Waals surface area contributed by atoms with Gasteiger partial charge in [0.15, 0.2) is 11.5 Å². The summed E-state index contributed by atoms with van der Waals surface area (Å²) < 4.78 is 0. The van der Waals surface area contributed by atoms with Crippen LogP contribution in [0.4, 0.5) is 0 Å². The Kier molecular flexibility index (Phi) is 2.17. The Morgan fingerprint density at radius 2 is 2.27 bits per heavy atom. The van der Waals surface area contributed by atoms with Crippen LogP contribution in [0.15, 0.2) is 24.4 Å². The van der Waals surface area contributed by atoms with Gasteiger partial charge in [0.05, 0.1) is 11.9 Å². The van der Waals surface area contributed by atoms with Gasteiger partial charge in [-0.3, -0.25) is 0 Å². The van der Waals surface area contributed by atoms with E-state index in [1.807, 2.05) is 0 Å². The third-order valence-corrected chi connectivity index (χ3v) is 1.76. The maximum atomic E-state index is 10.7. The molecule has 2 aromatic rings. The van der Waals surface area contributed by atoms with E-state index < -0.39 is 5.97 Å². The van der Waals surface area contributed by atoms with Gasteiger partial charge in [-0.25, -0.2) is 9.78 Å². The van der Waals surface area contributed by atoms with Gasteiger partial charge >= 0.3 is 5.97 Å². The second-order valence-electron chi connectivity index (χ2n) is 2.96. The molecule has 76 valence electrons. The van der Waals surface area contributed by atoms with Gasteiger partial charge < -0.3 is 5.11 Å². The quantitative estimate of drug-likeness (QED) is 0.777. The monoisotopic (exact) mass is 204 g/mol. The summed E-state index contributed by atoms with van der Waals surface area (Å²) in [6.45, 7) is 1.80. The van der Waals surface area contributed by atoms with E-state index >= 15 is 0 Å². The highest BCUT2D eigenvalue weighted by Gasteiger charge is 2.07. The summed E-state index contributed by atoms with van der Waals surface area (Å²) in [5, 5.41) is 16.7. The van der Waals surface area contributed by atoms with Crippen LogP contribution in [0.2, 0.25) is 0 Å². The Morgan fingerprint density at radius 3 is 2.87 bits per heavy atom. The second-order valence-corrected chi connectivity index (χ2v) is 2.96. The second kappa shape index (κ2) is 3.49. The van der Waals surface area contributed by atoms with Gasteiger partial charge in [0.25, 0.3) is 0 Å². The molecular weight excluding hydrogens is 196 g/mol. The van der Waals surface area contributed by atoms with Crippen LogP contribution >= 0.6 is 0 Å². The summed E-state index contributed by atoms with van der Waals surface area (Å²) in [5.74, 6) is -0.677. The number of aromatic nitrogens is 4. The molecule has 2 aromatic heterocycles. The van der Waals surface area contributed by atoms with Crippen molar-refractivity contribution < 1.29 is 9.90 Å². The number of hydrogen-bond acceptors (Lipinski definition) is 4. The zero-order chi connectivity index (χ0) is 10.8. The lowest BCUT2D eigenvalue weighted by Crippen LogP contribution is -2.06. The van der Waals surface area contributed by atoms with Crippen molar-refractivity contribution in [1.82, 2.24) is 20.0 Å². The molecule has 0 atom stereocenters. The SMILES string of the molecule is Cc1cnn(-c2cccc(C(=O)O)n2)n1. The molecule has 0 unspecified atom stereocenters. The Labute approximate surface area is 85.2 Å². The minimum absolute atomic E-state index is 0.0255. The Morgan fingerprint density at radius 1 is 1.47 bits per heavy atom. The van der Waals surface area contributed by atoms with Crippen molar-refractivity contribution in [3.8, 4) is 5.82 Å². The molecular formula is C9H8N4O2. The first-order chi connectivity index (χ1) is 7.16. The topological polar surface area (TPSA) is 80.9 Å². The summed E-state index contributed by atoms with van der Waals surface area (Å²) in [5.41, 5.74) is 0.722. The fraction of sp³-hybridized carbons (Fsp3) is 0.111. The number of carboxylic acid groups (broad SMARTS) is 1. The molecule has 0 aliphatic carbocycles. The van der Waals surface area contributed by atoms with Crippen molar-refractivity contribution in [2.24, 2.45) is 0 Å². The molecule has 0 aliphatic heterocycles. The van der Waals surface area contributed by atoms with Gasteiger partial charge in [0, 0.05) is 0 Å². The molecule has 0 aliphatic rings. The number of carbonyl (C=O) groups is 1. The predicted molar refractivity (Wildman–Crippen MR) is 50.9 cm³/mol. The van der Waals surface area contributed by atoms with Crippen LogP contribution in [-0.4, -0.2) is 31.1 Å². The van der Waals surface area contributed by atoms with Crippen molar-refractivity contribution in [2.45, 2.75) is 6.92 Å². The lowest BCUT2D eigenvalue weighted by atomic mass is 10.3. The Bertz CT molecular complexity index is 506. The molecule has 6 nitrogen and oxygen atoms in total. The Hall–Kier alpha value is -2.24. The average Bonchev–Trinajstić information content (AvgIpc) is 2.65. The van der Waals surface area contributed by atoms with Gasteiger partial charge in [0.2, 0.25) is 0 Å². The Balaban J connectivity index is 2.45. The first-order valence-electron chi connectivity index (χ1n) is 4.26. The van der Waals surface area contributed by atoms with E-state index in [2.05, 4.69) is 15.2 Å². The molecule has 2 rings (SSSR count). The standard InChI is InChI=1S/C9H8N4O2/c1-6-5-10-13(12-6)8-4-2-3-7(11-8)9(14)15/h2-5H,1H3,(H,14,15). The van der Waals surface area contributed by atoms with Gasteiger partial charge in [-0.2, -0.15) is 10.2 Å². The number of pyridine rings is 1. The molecule has 0 bridgehead atoms. The molecule has 0 aromatic carbocycles. The van der Waals surface area contributed by atoms with Gasteiger partial charge in [-0.15, -0.1) is 4.80 Å². The fourth-order valence-corrected chi connectivity index (χ4v) is 1.10. The van der Waals surface area contributed by atoms with Crippen LogP contribution in [-0.2, 0) is 0 Å². The predicted octanol–water partition coefficient (Wildman–Crippen LogP) is 0.669. The lowest BCUT2D eigenvalue weighted by molar-refractivity contribution is 0.0690. The molecule has 0 amide bonds. The molecule has 0 fully saturated rings. The fourth-order valence-electron chi connectivity index (χ4n) is 1.10. The molecule has 0 spiro atoms. The van der Waals surface area contributed by atoms with Crippen molar-refractivity contribution in [3.63, 3.8) is 0 Å². The molecule has 0 saturated heterocycles. The summed E-state index contributed by atoms with van der Waals surface area (Å²) in [4.78, 5) is 15.9. The van der Waals surface area contributed by atoms with Gasteiger partial charge in [-0.05, 0) is 19.1 Å². The highest BCUT2D eigenvalue weighted by atomic mass is 16.4. The normalized spacial score (nSPS) is 10.2. The highest BCUT2D eigenvalue weighted by molar-refractivity contribution is 5.85. The molecule has 0 saturated carbocycles. The van der Waals surface area contributed by atoms with Crippen LogP contribution in [0.1, 0.15) is 16.2 Å². The molecule has 2 heterocycles. The average molecular weight is 204 g/mol. The van der Waals surface area contributed by atoms with E-state index in [1.54, 1.807) is 25.3 Å². The van der Waals surface area contributed by atoms with E-state index in [4.69, 9.17) is 5.11 Å². The maximum Gasteiger partial charge on any atom is 0.354 e. The van der Waals surface area contributed by atoms with Crippen molar-refractivity contribution >= 4 is 5.97 Å². The zero-order valence-electron chi connectivity index (χ0n) is 7.95. The summed E-state index contributed by atoms with van der Waals surface area (Å²) in [6, 6.07) is 4.67. The van der Waals surface area contributed by atoms with Crippen molar-refractivity contribution in [2.75, 3.05) is 0 Å². The summed E-state index contributed by atoms with van der Waals surface area (Å²) in [6.07, 6.45) is 1.58. The molecule has 6 heteroatoms. The number of aryl methyl sites for hydroxylation is 1. The van der Waals surface area contributed by atoms with Crippen molar-refractivity contribution in [1.29, 1.82) is 0 Å². The highest BCUT2D eigenvalue weighted by Crippen LogP contribution is 2.03. The molecule has 1 N–H and O–H groups in total. The summed E-state index contributed by atoms with van der Waals surface area (Å²) >= 11 is 0. The van der Waals surface area contributed by atoms with Crippen LogP contribution in [0.5, 0.6) is 0 Å². The third kappa shape index (κ3) is 1.83. The minimum atomic E-state index is -1.07. The third-order valence-electron chi connectivity index (χ3n) is 1.76. The van der Waals surface area contributed by atoms with E-state index in [9.17, 15) is 4.79 Å². The van der Waals surface area contributed by atoms with Gasteiger partial charge in [0.1, 0.15) is 0 Å². The number of aromatic carboxylic acids is 1. The minimum Gasteiger partial charge on any atom is -0.477 e. The largest absolute Gasteiger partial charge is 0.477 e. The summed E-state index contributed by atoms with van der Waals surface area (Å²) in [7, 11) is 0. The van der Waals surface area contributed by atoms with Crippen LogP contribution in [0, 0.1) is 6.92 Å². The van der Waals surface area contributed by atoms with Crippen LogP contribution in [0.3, 0.4) is 0 Å². The lowest BCUT2D eigenvalue weighted by Gasteiger charge is -1.99. The first-order valence-corrected chi connectivity index (χ1v) is 4.26. The number of rotatable bonds is 2. The number of hydrogen-bond donors (Lipinski definition) is 1. The van der Waals surface area contributed by atoms with Crippen LogP contribution in [0.25, 0.3) is 5.82 Å². The first kappa shape index (κ1) is 9.32. The number of carboxylic acids is 1. The van der Waals surface area contributed by atoms with Crippen LogP contribution < -0.4 is 0 Å². The van der Waals surface area contributed by atoms with Crippen molar-refractivity contribution in [3.05, 3.63) is 35.8 Å². The molecule has 15 heavy (non-hydrogen) atoms. The zero-order valence-corrected chi connectivity index (χ0v) is 7.95. The molecule has 0 radical (unpaired) electrons. The number of nitrogens with zero attached hydrogens (tertiary/aromatic N) is 4. The maximum absolute atomic E-state index is 10.7. The van der Waals surface area contributed by atoms with E-state index in [1.165, 1.54) is 10.9 Å². The van der Waals surface area contributed by atoms with E-state index in [0.717, 1.165) is 5.69 Å². The van der Waals surface area contributed by atoms with Gasteiger partial charge in [-0.1, -0.05) is 6.07 Å².